The van der Waals surface area contributed by atoms with Crippen LogP contribution in [0.3, 0.4) is 0 Å². The largest absolute Gasteiger partial charge is 0.366 e. The average Bonchev–Trinajstić information content (AvgIpc) is 2.19. The molecule has 0 N–H and O–H groups in total. The zero-order chi connectivity index (χ0) is 11.6. The van der Waals surface area contributed by atoms with Crippen LogP contribution in [-0.4, -0.2) is 41.0 Å². The summed E-state index contributed by atoms with van der Waals surface area (Å²) in [6, 6.07) is 1.76. The minimum atomic E-state index is 0.536. The highest BCUT2D eigenvalue weighted by Gasteiger charge is 2.29. The maximum atomic E-state index is 4.04. The van der Waals surface area contributed by atoms with Crippen LogP contribution in [0.2, 0.25) is 0 Å². The molecule has 0 aromatic heterocycles. The van der Waals surface area contributed by atoms with E-state index < -0.39 is 0 Å². The standard InChI is InChI=1S/C13H24N2/c1-7-11(4)15-9-12(5)14(10(2)3)8-13(15)6/h7,10,12-13H,1,4,8-9H2,2-3,5-6H3. The molecule has 2 nitrogen and oxygen atoms in total. The van der Waals surface area contributed by atoms with Gasteiger partial charge in [0.2, 0.25) is 0 Å². The third kappa shape index (κ3) is 2.63. The van der Waals surface area contributed by atoms with Crippen molar-refractivity contribution in [3.8, 4) is 0 Å². The van der Waals surface area contributed by atoms with Gasteiger partial charge in [-0.2, -0.15) is 0 Å². The van der Waals surface area contributed by atoms with Crippen molar-refractivity contribution in [1.29, 1.82) is 0 Å². The van der Waals surface area contributed by atoms with E-state index in [4.69, 9.17) is 0 Å². The summed E-state index contributed by atoms with van der Waals surface area (Å²) in [6.07, 6.45) is 1.86. The first-order valence-electron chi connectivity index (χ1n) is 5.81. The zero-order valence-electron chi connectivity index (χ0n) is 10.5. The number of nitrogens with zero attached hydrogens (tertiary/aromatic N) is 2. The van der Waals surface area contributed by atoms with Gasteiger partial charge in [-0.1, -0.05) is 13.2 Å². The van der Waals surface area contributed by atoms with E-state index >= 15 is 0 Å². The monoisotopic (exact) mass is 208 g/mol. The normalized spacial score (nSPS) is 28.2. The van der Waals surface area contributed by atoms with Crippen molar-refractivity contribution in [2.75, 3.05) is 13.1 Å². The van der Waals surface area contributed by atoms with Gasteiger partial charge in [0, 0.05) is 36.9 Å². The summed E-state index contributed by atoms with van der Waals surface area (Å²) in [7, 11) is 0. The van der Waals surface area contributed by atoms with Gasteiger partial charge in [0.25, 0.3) is 0 Å². The van der Waals surface area contributed by atoms with E-state index in [2.05, 4.69) is 50.7 Å². The van der Waals surface area contributed by atoms with Gasteiger partial charge in [0.05, 0.1) is 0 Å². The van der Waals surface area contributed by atoms with E-state index in [1.807, 2.05) is 6.08 Å². The molecular formula is C13H24N2. The van der Waals surface area contributed by atoms with Crippen LogP contribution in [0.1, 0.15) is 27.7 Å². The van der Waals surface area contributed by atoms with E-state index in [1.165, 1.54) is 0 Å². The summed E-state index contributed by atoms with van der Waals surface area (Å²) in [4.78, 5) is 4.91. The Morgan fingerprint density at radius 2 is 1.87 bits per heavy atom. The quantitative estimate of drug-likeness (QED) is 0.657. The predicted molar refractivity (Wildman–Crippen MR) is 66.8 cm³/mol. The Bertz CT molecular complexity index is 245. The topological polar surface area (TPSA) is 6.48 Å². The smallest absolute Gasteiger partial charge is 0.0389 e. The molecule has 0 bridgehead atoms. The van der Waals surface area contributed by atoms with E-state index in [-0.39, 0.29) is 0 Å². The van der Waals surface area contributed by atoms with Gasteiger partial charge < -0.3 is 4.90 Å². The summed E-state index contributed by atoms with van der Waals surface area (Å²) < 4.78 is 0. The first kappa shape index (κ1) is 12.3. The fraction of sp³-hybridized carbons (Fsp3) is 0.692. The second kappa shape index (κ2) is 4.84. The molecule has 2 atom stereocenters. The van der Waals surface area contributed by atoms with E-state index in [0.29, 0.717) is 18.1 Å². The van der Waals surface area contributed by atoms with Gasteiger partial charge in [-0.05, 0) is 33.8 Å². The lowest BCUT2D eigenvalue weighted by atomic mass is 10.1. The molecular weight excluding hydrogens is 184 g/mol. The van der Waals surface area contributed by atoms with Gasteiger partial charge in [0.15, 0.2) is 0 Å². The highest BCUT2D eigenvalue weighted by atomic mass is 15.3. The first-order valence-corrected chi connectivity index (χ1v) is 5.81. The average molecular weight is 208 g/mol. The lowest BCUT2D eigenvalue weighted by Gasteiger charge is -2.47. The van der Waals surface area contributed by atoms with Crippen LogP contribution in [0.4, 0.5) is 0 Å². The van der Waals surface area contributed by atoms with Crippen LogP contribution in [0.25, 0.3) is 0 Å². The Morgan fingerprint density at radius 1 is 1.27 bits per heavy atom. The van der Waals surface area contributed by atoms with Crippen LogP contribution < -0.4 is 0 Å². The van der Waals surface area contributed by atoms with Gasteiger partial charge in [0.1, 0.15) is 0 Å². The second-order valence-corrected chi connectivity index (χ2v) is 4.84. The molecule has 1 aliphatic rings. The van der Waals surface area contributed by atoms with Crippen LogP contribution >= 0.6 is 0 Å². The van der Waals surface area contributed by atoms with Crippen molar-refractivity contribution in [3.05, 3.63) is 24.9 Å². The van der Waals surface area contributed by atoms with Crippen molar-refractivity contribution in [3.63, 3.8) is 0 Å². The molecule has 0 aromatic rings. The molecule has 1 fully saturated rings. The molecule has 1 aliphatic heterocycles. The lowest BCUT2D eigenvalue weighted by Crippen LogP contribution is -2.57. The molecule has 0 saturated carbocycles. The van der Waals surface area contributed by atoms with Crippen molar-refractivity contribution >= 4 is 0 Å². The number of allylic oxidation sites excluding steroid dienone is 1. The molecule has 2 unspecified atom stereocenters. The third-order valence-corrected chi connectivity index (χ3v) is 3.30. The Morgan fingerprint density at radius 3 is 2.33 bits per heavy atom. The molecule has 86 valence electrons. The van der Waals surface area contributed by atoms with Crippen LogP contribution in [-0.2, 0) is 0 Å². The van der Waals surface area contributed by atoms with Gasteiger partial charge >= 0.3 is 0 Å². The first-order chi connectivity index (χ1) is 6.97. The molecule has 1 rings (SSSR count). The van der Waals surface area contributed by atoms with E-state index in [1.54, 1.807) is 0 Å². The molecule has 1 heterocycles. The molecule has 0 radical (unpaired) electrons. The summed E-state index contributed by atoms with van der Waals surface area (Å²) >= 11 is 0. The van der Waals surface area contributed by atoms with Crippen molar-refractivity contribution in [2.24, 2.45) is 0 Å². The second-order valence-electron chi connectivity index (χ2n) is 4.84. The van der Waals surface area contributed by atoms with Gasteiger partial charge in [-0.3, -0.25) is 4.90 Å². The maximum absolute atomic E-state index is 4.04. The molecule has 0 aromatic carbocycles. The third-order valence-electron chi connectivity index (χ3n) is 3.30. The molecule has 2 heteroatoms. The Labute approximate surface area is 94.3 Å². The van der Waals surface area contributed by atoms with Crippen molar-refractivity contribution < 1.29 is 0 Å². The Kier molecular flexibility index (Phi) is 3.97. The summed E-state index contributed by atoms with van der Waals surface area (Å²) in [5.41, 5.74) is 1.05. The van der Waals surface area contributed by atoms with Crippen molar-refractivity contribution in [2.45, 2.75) is 45.8 Å². The van der Waals surface area contributed by atoms with Gasteiger partial charge in [-0.25, -0.2) is 0 Å². The van der Waals surface area contributed by atoms with Crippen LogP contribution in [0.15, 0.2) is 24.9 Å². The molecule has 0 aliphatic carbocycles. The van der Waals surface area contributed by atoms with E-state index in [0.717, 1.165) is 18.8 Å². The van der Waals surface area contributed by atoms with Gasteiger partial charge in [-0.15, -0.1) is 0 Å². The summed E-state index contributed by atoms with van der Waals surface area (Å²) in [5, 5.41) is 0. The Hall–Kier alpha value is -0.760. The van der Waals surface area contributed by atoms with Crippen LogP contribution in [0.5, 0.6) is 0 Å². The maximum Gasteiger partial charge on any atom is 0.0389 e. The summed E-state index contributed by atoms with van der Waals surface area (Å²) in [6.45, 7) is 19.1. The number of hydrogen-bond acceptors (Lipinski definition) is 2. The van der Waals surface area contributed by atoms with Crippen molar-refractivity contribution in [1.82, 2.24) is 9.80 Å². The summed E-state index contributed by atoms with van der Waals surface area (Å²) in [5.74, 6) is 0. The highest BCUT2D eigenvalue weighted by Crippen LogP contribution is 2.21. The van der Waals surface area contributed by atoms with Crippen LogP contribution in [0, 0.1) is 0 Å². The SMILES string of the molecule is C=CC(=C)N1CC(C)N(C(C)C)CC1C. The predicted octanol–water partition coefficient (Wildman–Crippen LogP) is 2.49. The highest BCUT2D eigenvalue weighted by molar-refractivity contribution is 5.12. The van der Waals surface area contributed by atoms with E-state index in [9.17, 15) is 0 Å². The fourth-order valence-corrected chi connectivity index (χ4v) is 2.39. The number of hydrogen-bond donors (Lipinski definition) is 0. The number of piperazine rings is 1. The minimum absolute atomic E-state index is 0.536. The fourth-order valence-electron chi connectivity index (χ4n) is 2.39. The molecule has 0 amide bonds. The molecule has 15 heavy (non-hydrogen) atoms. The lowest BCUT2D eigenvalue weighted by molar-refractivity contribution is 0.0452. The molecule has 0 spiro atoms. The number of rotatable bonds is 3. The zero-order valence-corrected chi connectivity index (χ0v) is 10.5. The molecule has 1 saturated heterocycles. The minimum Gasteiger partial charge on any atom is -0.366 e. The Balaban J connectivity index is 2.70.